The van der Waals surface area contributed by atoms with Gasteiger partial charge in [0.25, 0.3) is 10.0 Å². The predicted molar refractivity (Wildman–Crippen MR) is 134 cm³/mol. The smallest absolute Gasteiger partial charge is 0.252 e. The molecule has 10 heteroatoms. The van der Waals surface area contributed by atoms with Gasteiger partial charge in [0.05, 0.1) is 14.6 Å². The van der Waals surface area contributed by atoms with Crippen molar-refractivity contribution >= 4 is 66.1 Å². The van der Waals surface area contributed by atoms with Gasteiger partial charge in [-0.1, -0.05) is 23.7 Å². The molecule has 1 fully saturated rings. The minimum absolute atomic E-state index is 0.0843. The first-order valence-electron chi connectivity index (χ1n) is 10.4. The van der Waals surface area contributed by atoms with Crippen molar-refractivity contribution in [2.75, 3.05) is 18.4 Å². The molecule has 0 spiro atoms. The molecule has 4 aromatic rings. The molecule has 6 nitrogen and oxygen atoms in total. The number of fused-ring (bicyclic) bond motifs is 1. The summed E-state index contributed by atoms with van der Waals surface area (Å²) < 4.78 is 28.8. The van der Waals surface area contributed by atoms with E-state index in [1.165, 1.54) is 10.4 Å². The van der Waals surface area contributed by atoms with Crippen molar-refractivity contribution in [2.24, 2.45) is 5.92 Å². The highest BCUT2D eigenvalue weighted by Gasteiger charge is 2.33. The third-order valence-electron chi connectivity index (χ3n) is 5.66. The number of nitrogens with one attached hydrogen (secondary N) is 1. The fraction of sp³-hybridized carbons (Fsp3) is 0.217. The summed E-state index contributed by atoms with van der Waals surface area (Å²) in [5.74, 6) is -0.314. The largest absolute Gasteiger partial charge is 0.326 e. The van der Waals surface area contributed by atoms with E-state index in [2.05, 4.69) is 16.4 Å². The Labute approximate surface area is 204 Å². The first-order valence-corrected chi connectivity index (χ1v) is 13.9. The molecule has 1 aliphatic heterocycles. The highest BCUT2D eigenvalue weighted by Crippen LogP contribution is 2.32. The monoisotopic (exact) mass is 517 g/mol. The van der Waals surface area contributed by atoms with E-state index in [0.29, 0.717) is 36.0 Å². The van der Waals surface area contributed by atoms with Crippen LogP contribution >= 0.6 is 34.3 Å². The molecule has 1 N–H and O–H groups in total. The Morgan fingerprint density at radius 3 is 2.39 bits per heavy atom. The summed E-state index contributed by atoms with van der Waals surface area (Å²) in [7, 11) is -3.56. The number of amides is 1. The SMILES string of the molecule is O=C(Nc1ccc(-c2nc3ccccc3s2)cc1)C1CCN(S(=O)(=O)c2ccc(Cl)s2)CC1. The fourth-order valence-corrected chi connectivity index (χ4v) is 7.94. The van der Waals surface area contributed by atoms with E-state index in [1.807, 2.05) is 42.5 Å². The number of thiophene rings is 1. The zero-order valence-corrected chi connectivity index (χ0v) is 20.6. The van der Waals surface area contributed by atoms with Gasteiger partial charge in [-0.2, -0.15) is 4.31 Å². The third kappa shape index (κ3) is 4.69. The number of carbonyl (C=O) groups excluding carboxylic acids is 1. The number of halogens is 1. The lowest BCUT2D eigenvalue weighted by molar-refractivity contribution is -0.120. The number of rotatable bonds is 5. The van der Waals surface area contributed by atoms with E-state index in [-0.39, 0.29) is 16.0 Å². The number of benzene rings is 2. The van der Waals surface area contributed by atoms with Gasteiger partial charge in [-0.3, -0.25) is 4.79 Å². The van der Waals surface area contributed by atoms with Crippen LogP contribution in [0.2, 0.25) is 4.34 Å². The van der Waals surface area contributed by atoms with Gasteiger partial charge in [-0.25, -0.2) is 13.4 Å². The van der Waals surface area contributed by atoms with Crippen LogP contribution < -0.4 is 5.32 Å². The van der Waals surface area contributed by atoms with Gasteiger partial charge in [-0.05, 0) is 61.4 Å². The van der Waals surface area contributed by atoms with Crippen LogP contribution in [0.15, 0.2) is 64.9 Å². The average molecular weight is 518 g/mol. The highest BCUT2D eigenvalue weighted by molar-refractivity contribution is 7.91. The Morgan fingerprint density at radius 2 is 1.73 bits per heavy atom. The van der Waals surface area contributed by atoms with Crippen LogP contribution in [-0.4, -0.2) is 36.7 Å². The standard InChI is InChI=1S/C23H20ClN3O3S3/c24-20-9-10-21(32-20)33(29,30)27-13-11-15(12-14-27)22(28)25-17-7-5-16(6-8-17)23-26-18-3-1-2-4-19(18)31-23/h1-10,15H,11-14H2,(H,25,28). The summed E-state index contributed by atoms with van der Waals surface area (Å²) in [6.45, 7) is 0.624. The van der Waals surface area contributed by atoms with Gasteiger partial charge in [0.2, 0.25) is 5.91 Å². The molecule has 1 aliphatic rings. The Bertz CT molecular complexity index is 1370. The van der Waals surface area contributed by atoms with E-state index >= 15 is 0 Å². The number of nitrogens with zero attached hydrogens (tertiary/aromatic N) is 2. The summed E-state index contributed by atoms with van der Waals surface area (Å²) in [6.07, 6.45) is 0.960. The zero-order valence-electron chi connectivity index (χ0n) is 17.4. The van der Waals surface area contributed by atoms with Crippen molar-refractivity contribution in [1.82, 2.24) is 9.29 Å². The normalized spacial score (nSPS) is 15.7. The van der Waals surface area contributed by atoms with Gasteiger partial charge < -0.3 is 5.32 Å². The molecule has 2 aromatic carbocycles. The summed E-state index contributed by atoms with van der Waals surface area (Å²) >= 11 is 8.58. The topological polar surface area (TPSA) is 79.4 Å². The van der Waals surface area contributed by atoms with Crippen LogP contribution in [0.4, 0.5) is 5.69 Å². The fourth-order valence-electron chi connectivity index (χ4n) is 3.86. The molecule has 0 atom stereocenters. The van der Waals surface area contributed by atoms with Crippen molar-refractivity contribution in [2.45, 2.75) is 17.1 Å². The van der Waals surface area contributed by atoms with Crippen LogP contribution in [0.3, 0.4) is 0 Å². The van der Waals surface area contributed by atoms with Gasteiger partial charge in [0.1, 0.15) is 9.22 Å². The molecule has 0 radical (unpaired) electrons. The van der Waals surface area contributed by atoms with Crippen LogP contribution in [0.5, 0.6) is 0 Å². The highest BCUT2D eigenvalue weighted by atomic mass is 35.5. The second-order valence-corrected chi connectivity index (χ2v) is 12.7. The number of hydrogen-bond donors (Lipinski definition) is 1. The predicted octanol–water partition coefficient (Wildman–Crippen LogP) is 5.72. The molecular weight excluding hydrogens is 498 g/mol. The number of hydrogen-bond acceptors (Lipinski definition) is 6. The van der Waals surface area contributed by atoms with Gasteiger partial charge in [-0.15, -0.1) is 22.7 Å². The van der Waals surface area contributed by atoms with Crippen molar-refractivity contribution in [3.8, 4) is 10.6 Å². The summed E-state index contributed by atoms with van der Waals surface area (Å²) in [6, 6.07) is 18.8. The molecule has 5 rings (SSSR count). The number of sulfonamides is 1. The molecule has 0 saturated carbocycles. The number of para-hydroxylation sites is 1. The van der Waals surface area contributed by atoms with Gasteiger partial charge in [0, 0.05) is 30.3 Å². The van der Waals surface area contributed by atoms with Crippen LogP contribution in [0, 0.1) is 5.92 Å². The molecule has 2 aromatic heterocycles. The first-order chi connectivity index (χ1) is 15.9. The molecule has 33 heavy (non-hydrogen) atoms. The van der Waals surface area contributed by atoms with Crippen molar-refractivity contribution in [1.29, 1.82) is 0 Å². The van der Waals surface area contributed by atoms with Crippen LogP contribution in [-0.2, 0) is 14.8 Å². The molecule has 3 heterocycles. The third-order valence-corrected chi connectivity index (χ3v) is 10.3. The summed E-state index contributed by atoms with van der Waals surface area (Å²) in [5.41, 5.74) is 2.69. The number of piperidine rings is 1. The Morgan fingerprint density at radius 1 is 1.00 bits per heavy atom. The van der Waals surface area contributed by atoms with E-state index < -0.39 is 10.0 Å². The van der Waals surface area contributed by atoms with Crippen molar-refractivity contribution < 1.29 is 13.2 Å². The van der Waals surface area contributed by atoms with Crippen LogP contribution in [0.1, 0.15) is 12.8 Å². The van der Waals surface area contributed by atoms with E-state index in [9.17, 15) is 13.2 Å². The molecule has 1 amide bonds. The number of aromatic nitrogens is 1. The lowest BCUT2D eigenvalue weighted by Gasteiger charge is -2.30. The minimum atomic E-state index is -3.56. The zero-order chi connectivity index (χ0) is 23.0. The average Bonchev–Trinajstić information content (AvgIpc) is 3.46. The van der Waals surface area contributed by atoms with E-state index in [4.69, 9.17) is 11.6 Å². The van der Waals surface area contributed by atoms with Crippen LogP contribution in [0.25, 0.3) is 20.8 Å². The van der Waals surface area contributed by atoms with E-state index in [0.717, 1.165) is 32.1 Å². The molecule has 0 unspecified atom stereocenters. The molecule has 170 valence electrons. The number of anilines is 1. The summed E-state index contributed by atoms with van der Waals surface area (Å²) in [5, 5.41) is 3.91. The maximum absolute atomic E-state index is 12.8. The second kappa shape index (κ2) is 9.15. The lowest BCUT2D eigenvalue weighted by Crippen LogP contribution is -2.41. The second-order valence-electron chi connectivity index (χ2n) is 7.79. The molecule has 0 aliphatic carbocycles. The van der Waals surface area contributed by atoms with Crippen molar-refractivity contribution in [3.05, 3.63) is 65.0 Å². The lowest BCUT2D eigenvalue weighted by atomic mass is 9.97. The first kappa shape index (κ1) is 22.5. The Balaban J connectivity index is 1.20. The molecular formula is C23H20ClN3O3S3. The maximum atomic E-state index is 12.8. The number of carbonyl (C=O) groups is 1. The van der Waals surface area contributed by atoms with Crippen molar-refractivity contribution in [3.63, 3.8) is 0 Å². The van der Waals surface area contributed by atoms with Gasteiger partial charge >= 0.3 is 0 Å². The van der Waals surface area contributed by atoms with E-state index in [1.54, 1.807) is 17.4 Å². The summed E-state index contributed by atoms with van der Waals surface area (Å²) in [4.78, 5) is 17.4. The quantitative estimate of drug-likeness (QED) is 0.367. The molecule has 0 bridgehead atoms. The number of thiazole rings is 1. The molecule has 1 saturated heterocycles. The maximum Gasteiger partial charge on any atom is 0.252 e. The van der Waals surface area contributed by atoms with Gasteiger partial charge in [0.15, 0.2) is 0 Å². The minimum Gasteiger partial charge on any atom is -0.326 e. The Kier molecular flexibility index (Phi) is 6.24. The Hall–Kier alpha value is -2.30.